The Bertz CT molecular complexity index is 359. The molecular formula is C11H18Cl2N2O4S. The minimum Gasteiger partial charge on any atom is -0.444 e. The molecule has 0 aromatic carbocycles. The molecule has 6 nitrogen and oxygen atoms in total. The Kier molecular flexibility index (Phi) is 9.00. The Morgan fingerprint density at radius 1 is 1.20 bits per heavy atom. The van der Waals surface area contributed by atoms with Crippen molar-refractivity contribution in [2.24, 2.45) is 0 Å². The number of rotatable bonds is 6. The average molecular weight is 345 g/mol. The van der Waals surface area contributed by atoms with Crippen LogP contribution in [-0.4, -0.2) is 46.4 Å². The number of thioether (sulfide) groups is 1. The normalized spacial score (nSPS) is 11.1. The molecule has 0 spiro atoms. The Morgan fingerprint density at radius 3 is 2.30 bits per heavy atom. The van der Waals surface area contributed by atoms with E-state index in [4.69, 9.17) is 27.9 Å². The van der Waals surface area contributed by atoms with Gasteiger partial charge in [0, 0.05) is 12.3 Å². The SMILES string of the molecule is CC(C)(C)OC(=O)NCC(=O)NCCSC(=O)C(Cl)Cl. The fourth-order valence-corrected chi connectivity index (χ4v) is 1.84. The van der Waals surface area contributed by atoms with Gasteiger partial charge < -0.3 is 15.4 Å². The van der Waals surface area contributed by atoms with Crippen LogP contribution in [-0.2, 0) is 14.3 Å². The summed E-state index contributed by atoms with van der Waals surface area (Å²) in [6.07, 6.45) is -0.663. The second kappa shape index (κ2) is 9.31. The molecule has 0 heterocycles. The first kappa shape index (κ1) is 19.3. The van der Waals surface area contributed by atoms with Crippen molar-refractivity contribution in [2.75, 3.05) is 18.8 Å². The summed E-state index contributed by atoms with van der Waals surface area (Å²) >= 11 is 11.6. The molecule has 0 aliphatic carbocycles. The molecule has 0 aromatic rings. The van der Waals surface area contributed by atoms with Crippen molar-refractivity contribution in [1.82, 2.24) is 10.6 Å². The Morgan fingerprint density at radius 2 is 1.80 bits per heavy atom. The van der Waals surface area contributed by atoms with Gasteiger partial charge in [-0.05, 0) is 20.8 Å². The fourth-order valence-electron chi connectivity index (χ4n) is 0.934. The number of alkyl halides is 2. The second-order valence-corrected chi connectivity index (χ2v) is 6.87. The van der Waals surface area contributed by atoms with Gasteiger partial charge in [-0.3, -0.25) is 9.59 Å². The van der Waals surface area contributed by atoms with Gasteiger partial charge in [0.1, 0.15) is 5.60 Å². The van der Waals surface area contributed by atoms with Gasteiger partial charge in [-0.25, -0.2) is 4.79 Å². The third-order valence-corrected chi connectivity index (χ3v) is 3.22. The van der Waals surface area contributed by atoms with Crippen molar-refractivity contribution in [1.29, 1.82) is 0 Å². The highest BCUT2D eigenvalue weighted by atomic mass is 35.5. The van der Waals surface area contributed by atoms with Gasteiger partial charge >= 0.3 is 6.09 Å². The fraction of sp³-hybridized carbons (Fsp3) is 0.727. The number of nitrogens with one attached hydrogen (secondary N) is 2. The summed E-state index contributed by atoms with van der Waals surface area (Å²) < 4.78 is 4.96. The molecule has 0 unspecified atom stereocenters. The summed E-state index contributed by atoms with van der Waals surface area (Å²) in [7, 11) is 0. The number of hydrogen-bond acceptors (Lipinski definition) is 5. The molecule has 0 aliphatic rings. The van der Waals surface area contributed by atoms with Crippen LogP contribution in [0.25, 0.3) is 0 Å². The van der Waals surface area contributed by atoms with Crippen molar-refractivity contribution in [2.45, 2.75) is 31.2 Å². The van der Waals surface area contributed by atoms with Crippen molar-refractivity contribution < 1.29 is 19.1 Å². The molecule has 0 saturated carbocycles. The second-order valence-electron chi connectivity index (χ2n) is 4.67. The number of alkyl carbamates (subject to hydrolysis) is 1. The standard InChI is InChI=1S/C11H18Cl2N2O4S/c1-11(2,3)19-10(18)15-6-7(16)14-4-5-20-9(17)8(12)13/h8H,4-6H2,1-3H3,(H,14,16)(H,15,18). The first-order valence-corrected chi connectivity index (χ1v) is 7.66. The van der Waals surface area contributed by atoms with E-state index in [1.165, 1.54) is 0 Å². The first-order valence-electron chi connectivity index (χ1n) is 5.80. The maximum absolute atomic E-state index is 11.4. The zero-order valence-electron chi connectivity index (χ0n) is 11.5. The van der Waals surface area contributed by atoms with Crippen LogP contribution in [0.5, 0.6) is 0 Å². The predicted octanol–water partition coefficient (Wildman–Crippen LogP) is 1.69. The van der Waals surface area contributed by atoms with Crippen molar-refractivity contribution in [3.8, 4) is 0 Å². The van der Waals surface area contributed by atoms with E-state index in [1.807, 2.05) is 0 Å². The maximum Gasteiger partial charge on any atom is 0.408 e. The molecule has 0 bridgehead atoms. The van der Waals surface area contributed by atoms with Crippen LogP contribution in [0.2, 0.25) is 0 Å². The molecule has 20 heavy (non-hydrogen) atoms. The zero-order valence-corrected chi connectivity index (χ0v) is 13.8. The van der Waals surface area contributed by atoms with Gasteiger partial charge in [-0.2, -0.15) is 0 Å². The predicted molar refractivity (Wildman–Crippen MR) is 80.2 cm³/mol. The maximum atomic E-state index is 11.4. The summed E-state index contributed by atoms with van der Waals surface area (Å²) in [5, 5.41) is 4.48. The average Bonchev–Trinajstić information content (AvgIpc) is 2.29. The number of carbonyl (C=O) groups excluding carboxylic acids is 3. The topological polar surface area (TPSA) is 84.5 Å². The number of hydrogen-bond donors (Lipinski definition) is 2. The lowest BCUT2D eigenvalue weighted by atomic mass is 10.2. The van der Waals surface area contributed by atoms with Crippen LogP contribution in [0, 0.1) is 0 Å². The van der Waals surface area contributed by atoms with Gasteiger partial charge in [0.2, 0.25) is 11.0 Å². The molecule has 0 aliphatic heterocycles. The van der Waals surface area contributed by atoms with Crippen LogP contribution >= 0.6 is 35.0 Å². The Balaban J connectivity index is 3.70. The first-order chi connectivity index (χ1) is 9.11. The van der Waals surface area contributed by atoms with Crippen LogP contribution < -0.4 is 10.6 Å². The number of ether oxygens (including phenoxy) is 1. The van der Waals surface area contributed by atoms with Gasteiger partial charge in [-0.1, -0.05) is 35.0 Å². The number of halogens is 2. The smallest absolute Gasteiger partial charge is 0.408 e. The third kappa shape index (κ3) is 11.2. The molecule has 0 saturated heterocycles. The Labute approximate surface area is 132 Å². The van der Waals surface area contributed by atoms with E-state index < -0.39 is 16.5 Å². The van der Waals surface area contributed by atoms with Crippen LogP contribution in [0.1, 0.15) is 20.8 Å². The van der Waals surface area contributed by atoms with Crippen molar-refractivity contribution in [3.63, 3.8) is 0 Å². The molecule has 0 aromatic heterocycles. The lowest BCUT2D eigenvalue weighted by molar-refractivity contribution is -0.120. The molecule has 0 fully saturated rings. The minimum atomic E-state index is -1.07. The van der Waals surface area contributed by atoms with Gasteiger partial charge in [0.25, 0.3) is 0 Å². The van der Waals surface area contributed by atoms with E-state index in [0.29, 0.717) is 5.75 Å². The third-order valence-electron chi connectivity index (χ3n) is 1.64. The van der Waals surface area contributed by atoms with E-state index in [0.717, 1.165) is 11.8 Å². The van der Waals surface area contributed by atoms with Gasteiger partial charge in [0.15, 0.2) is 4.84 Å². The van der Waals surface area contributed by atoms with E-state index in [2.05, 4.69) is 10.6 Å². The Hall–Kier alpha value is -0.660. The summed E-state index contributed by atoms with van der Waals surface area (Å²) in [6.45, 7) is 5.25. The highest BCUT2D eigenvalue weighted by molar-refractivity contribution is 8.14. The van der Waals surface area contributed by atoms with Crippen LogP contribution in [0.4, 0.5) is 4.79 Å². The number of amides is 2. The molecule has 9 heteroatoms. The monoisotopic (exact) mass is 344 g/mol. The van der Waals surface area contributed by atoms with E-state index >= 15 is 0 Å². The van der Waals surface area contributed by atoms with E-state index in [1.54, 1.807) is 20.8 Å². The molecular weight excluding hydrogens is 327 g/mol. The molecule has 0 rings (SSSR count). The van der Waals surface area contributed by atoms with Crippen LogP contribution in [0.3, 0.4) is 0 Å². The highest BCUT2D eigenvalue weighted by Gasteiger charge is 2.16. The summed E-state index contributed by atoms with van der Waals surface area (Å²) in [6, 6.07) is 0. The van der Waals surface area contributed by atoms with Crippen molar-refractivity contribution in [3.05, 3.63) is 0 Å². The van der Waals surface area contributed by atoms with Crippen LogP contribution in [0.15, 0.2) is 0 Å². The quantitative estimate of drug-likeness (QED) is 0.565. The summed E-state index contributed by atoms with van der Waals surface area (Å²) in [4.78, 5) is 32.6. The van der Waals surface area contributed by atoms with Gasteiger partial charge in [-0.15, -0.1) is 0 Å². The molecule has 0 radical (unpaired) electrons. The van der Waals surface area contributed by atoms with E-state index in [-0.39, 0.29) is 24.1 Å². The molecule has 116 valence electrons. The lowest BCUT2D eigenvalue weighted by Crippen LogP contribution is -2.40. The van der Waals surface area contributed by atoms with E-state index in [9.17, 15) is 14.4 Å². The minimum absolute atomic E-state index is 0.193. The number of carbonyl (C=O) groups is 3. The largest absolute Gasteiger partial charge is 0.444 e. The summed E-state index contributed by atoms with van der Waals surface area (Å²) in [5.41, 5.74) is -0.614. The molecule has 2 N–H and O–H groups in total. The lowest BCUT2D eigenvalue weighted by Gasteiger charge is -2.19. The van der Waals surface area contributed by atoms with Gasteiger partial charge in [0.05, 0.1) is 6.54 Å². The zero-order chi connectivity index (χ0) is 15.8. The molecule has 2 amide bonds. The van der Waals surface area contributed by atoms with Crippen molar-refractivity contribution >= 4 is 52.1 Å². The molecule has 0 atom stereocenters. The summed E-state index contributed by atoms with van der Waals surface area (Å²) in [5.74, 6) is -0.0235. The highest BCUT2D eigenvalue weighted by Crippen LogP contribution is 2.13.